The molecule has 0 aromatic heterocycles. The van der Waals surface area contributed by atoms with Gasteiger partial charge in [0, 0.05) is 31.7 Å². The molecular formula is C17H23N3O3. The Morgan fingerprint density at radius 1 is 1.09 bits per heavy atom. The molecule has 1 saturated carbocycles. The largest absolute Gasteiger partial charge is 0.445 e. The van der Waals surface area contributed by atoms with E-state index in [-0.39, 0.29) is 24.3 Å². The third-order valence-corrected chi connectivity index (χ3v) is 4.44. The number of hydrogen-bond donors (Lipinski definition) is 1. The molecule has 0 atom stereocenters. The average molecular weight is 317 g/mol. The second-order valence-corrected chi connectivity index (χ2v) is 6.51. The standard InChI is InChI=1S/C17H23N3O3/c1-17(7-8-17)18-15(21)19-9-11-20(12-10-19)16(22)23-13-14-5-3-2-4-6-14/h2-6H,7-13H2,1H3,(H,18,21). The molecular weight excluding hydrogens is 294 g/mol. The normalized spacial score (nSPS) is 19.2. The van der Waals surface area contributed by atoms with Crippen molar-refractivity contribution in [3.8, 4) is 0 Å². The van der Waals surface area contributed by atoms with Crippen LogP contribution in [0.1, 0.15) is 25.3 Å². The molecule has 1 aromatic rings. The molecule has 1 heterocycles. The van der Waals surface area contributed by atoms with E-state index in [0.29, 0.717) is 26.2 Å². The quantitative estimate of drug-likeness (QED) is 0.929. The summed E-state index contributed by atoms with van der Waals surface area (Å²) in [4.78, 5) is 27.6. The number of ether oxygens (including phenoxy) is 1. The highest BCUT2D eigenvalue weighted by atomic mass is 16.6. The Bertz CT molecular complexity index is 564. The first-order valence-electron chi connectivity index (χ1n) is 8.08. The number of nitrogens with one attached hydrogen (secondary N) is 1. The van der Waals surface area contributed by atoms with Crippen LogP contribution in [0.25, 0.3) is 0 Å². The van der Waals surface area contributed by atoms with E-state index in [0.717, 1.165) is 18.4 Å². The molecule has 3 rings (SSSR count). The maximum Gasteiger partial charge on any atom is 0.410 e. The van der Waals surface area contributed by atoms with Gasteiger partial charge in [0.25, 0.3) is 0 Å². The topological polar surface area (TPSA) is 61.9 Å². The Morgan fingerprint density at radius 2 is 1.70 bits per heavy atom. The van der Waals surface area contributed by atoms with E-state index in [1.54, 1.807) is 9.80 Å². The van der Waals surface area contributed by atoms with Gasteiger partial charge in [-0.2, -0.15) is 0 Å². The summed E-state index contributed by atoms with van der Waals surface area (Å²) in [7, 11) is 0. The summed E-state index contributed by atoms with van der Waals surface area (Å²) in [5.41, 5.74) is 0.958. The zero-order chi connectivity index (χ0) is 16.3. The summed E-state index contributed by atoms with van der Waals surface area (Å²) in [6.45, 7) is 4.45. The lowest BCUT2D eigenvalue weighted by atomic mass is 10.2. The molecule has 0 bridgehead atoms. The minimum absolute atomic E-state index is 0.0111. The molecule has 0 unspecified atom stereocenters. The van der Waals surface area contributed by atoms with Crippen molar-refractivity contribution in [2.24, 2.45) is 0 Å². The fourth-order valence-corrected chi connectivity index (χ4v) is 2.55. The highest BCUT2D eigenvalue weighted by molar-refractivity contribution is 5.76. The van der Waals surface area contributed by atoms with Crippen molar-refractivity contribution in [3.63, 3.8) is 0 Å². The molecule has 2 aliphatic rings. The summed E-state index contributed by atoms with van der Waals surface area (Å²) >= 11 is 0. The third kappa shape index (κ3) is 4.15. The molecule has 23 heavy (non-hydrogen) atoms. The van der Waals surface area contributed by atoms with Crippen LogP contribution >= 0.6 is 0 Å². The number of hydrogen-bond acceptors (Lipinski definition) is 3. The van der Waals surface area contributed by atoms with Crippen molar-refractivity contribution in [2.75, 3.05) is 26.2 Å². The number of rotatable bonds is 3. The maximum absolute atomic E-state index is 12.1. The lowest BCUT2D eigenvalue weighted by Crippen LogP contribution is -2.54. The van der Waals surface area contributed by atoms with Gasteiger partial charge in [0.15, 0.2) is 0 Å². The lowest BCUT2D eigenvalue weighted by Gasteiger charge is -2.34. The molecule has 2 fully saturated rings. The molecule has 6 nitrogen and oxygen atoms in total. The Hall–Kier alpha value is -2.24. The van der Waals surface area contributed by atoms with Gasteiger partial charge >= 0.3 is 12.1 Å². The Labute approximate surface area is 136 Å². The van der Waals surface area contributed by atoms with Crippen LogP contribution in [0.5, 0.6) is 0 Å². The molecule has 124 valence electrons. The van der Waals surface area contributed by atoms with Crippen molar-refractivity contribution in [2.45, 2.75) is 31.9 Å². The average Bonchev–Trinajstić information content (AvgIpc) is 3.30. The van der Waals surface area contributed by atoms with E-state index in [2.05, 4.69) is 12.2 Å². The van der Waals surface area contributed by atoms with E-state index in [9.17, 15) is 9.59 Å². The molecule has 6 heteroatoms. The molecule has 1 aliphatic carbocycles. The first-order valence-corrected chi connectivity index (χ1v) is 8.08. The van der Waals surface area contributed by atoms with Crippen LogP contribution in [0.2, 0.25) is 0 Å². The number of carbonyl (C=O) groups is 2. The molecule has 1 aromatic carbocycles. The number of amides is 3. The van der Waals surface area contributed by atoms with Gasteiger partial charge in [-0.15, -0.1) is 0 Å². The zero-order valence-electron chi connectivity index (χ0n) is 13.5. The van der Waals surface area contributed by atoms with Crippen LogP contribution in [-0.2, 0) is 11.3 Å². The van der Waals surface area contributed by atoms with Crippen molar-refractivity contribution < 1.29 is 14.3 Å². The minimum Gasteiger partial charge on any atom is -0.445 e. The SMILES string of the molecule is CC1(NC(=O)N2CCN(C(=O)OCc3ccccc3)CC2)CC1. The summed E-state index contributed by atoms with van der Waals surface area (Å²) in [5.74, 6) is 0. The predicted molar refractivity (Wildman–Crippen MR) is 85.9 cm³/mol. The molecule has 0 spiro atoms. The van der Waals surface area contributed by atoms with Gasteiger partial charge in [-0.1, -0.05) is 30.3 Å². The first-order chi connectivity index (χ1) is 11.1. The molecule has 0 radical (unpaired) electrons. The summed E-state index contributed by atoms with van der Waals surface area (Å²) in [6.07, 6.45) is 1.78. The van der Waals surface area contributed by atoms with Crippen LogP contribution in [-0.4, -0.2) is 53.6 Å². The van der Waals surface area contributed by atoms with Gasteiger partial charge < -0.3 is 19.9 Å². The fraction of sp³-hybridized carbons (Fsp3) is 0.529. The van der Waals surface area contributed by atoms with E-state index in [4.69, 9.17) is 4.74 Å². The summed E-state index contributed by atoms with van der Waals surface area (Å²) in [5, 5.41) is 3.04. The molecule has 3 amide bonds. The summed E-state index contributed by atoms with van der Waals surface area (Å²) < 4.78 is 5.32. The number of urea groups is 1. The van der Waals surface area contributed by atoms with Gasteiger partial charge in [-0.3, -0.25) is 0 Å². The Morgan fingerprint density at radius 3 is 2.30 bits per heavy atom. The van der Waals surface area contributed by atoms with E-state index < -0.39 is 0 Å². The van der Waals surface area contributed by atoms with Crippen LogP contribution < -0.4 is 5.32 Å². The highest BCUT2D eigenvalue weighted by Gasteiger charge is 2.40. The van der Waals surface area contributed by atoms with Crippen molar-refractivity contribution in [1.82, 2.24) is 15.1 Å². The van der Waals surface area contributed by atoms with Gasteiger partial charge in [-0.25, -0.2) is 9.59 Å². The third-order valence-electron chi connectivity index (χ3n) is 4.44. The second kappa shape index (κ2) is 6.48. The van der Waals surface area contributed by atoms with Crippen molar-refractivity contribution in [3.05, 3.63) is 35.9 Å². The monoisotopic (exact) mass is 317 g/mol. The lowest BCUT2D eigenvalue weighted by molar-refractivity contribution is 0.0764. The van der Waals surface area contributed by atoms with Crippen LogP contribution in [0, 0.1) is 0 Å². The molecule has 1 N–H and O–H groups in total. The van der Waals surface area contributed by atoms with Gasteiger partial charge in [0.1, 0.15) is 6.61 Å². The predicted octanol–water partition coefficient (Wildman–Crippen LogP) is 2.20. The number of piperazine rings is 1. The van der Waals surface area contributed by atoms with Gasteiger partial charge in [0.2, 0.25) is 0 Å². The van der Waals surface area contributed by atoms with Gasteiger partial charge in [0.05, 0.1) is 0 Å². The summed E-state index contributed by atoms with van der Waals surface area (Å²) in [6, 6.07) is 9.59. The number of carbonyl (C=O) groups excluding carboxylic acids is 2. The van der Waals surface area contributed by atoms with Crippen LogP contribution in [0.15, 0.2) is 30.3 Å². The van der Waals surface area contributed by atoms with E-state index in [1.165, 1.54) is 0 Å². The fourth-order valence-electron chi connectivity index (χ4n) is 2.55. The molecule has 1 aliphatic heterocycles. The molecule has 1 saturated heterocycles. The van der Waals surface area contributed by atoms with Crippen molar-refractivity contribution in [1.29, 1.82) is 0 Å². The number of nitrogens with zero attached hydrogens (tertiary/aromatic N) is 2. The zero-order valence-corrected chi connectivity index (χ0v) is 13.5. The smallest absolute Gasteiger partial charge is 0.410 e. The minimum atomic E-state index is -0.317. The van der Waals surface area contributed by atoms with Gasteiger partial charge in [-0.05, 0) is 25.3 Å². The Kier molecular flexibility index (Phi) is 4.41. The van der Waals surface area contributed by atoms with E-state index >= 15 is 0 Å². The van der Waals surface area contributed by atoms with Crippen LogP contribution in [0.3, 0.4) is 0 Å². The maximum atomic E-state index is 12.1. The second-order valence-electron chi connectivity index (χ2n) is 6.51. The Balaban J connectivity index is 1.41. The highest BCUT2D eigenvalue weighted by Crippen LogP contribution is 2.34. The van der Waals surface area contributed by atoms with Crippen LogP contribution in [0.4, 0.5) is 9.59 Å². The number of benzene rings is 1. The first kappa shape index (κ1) is 15.6. The van der Waals surface area contributed by atoms with Crippen molar-refractivity contribution >= 4 is 12.1 Å². The van der Waals surface area contributed by atoms with E-state index in [1.807, 2.05) is 30.3 Å².